The van der Waals surface area contributed by atoms with Gasteiger partial charge in [0.05, 0.1) is 0 Å². The standard InChI is InChI=1S/C14H23BrN2/c1-5-16-9-12-6-7-13(14(15)8-12)10-17(4)11(2)3/h6-8,11,16H,5,9-10H2,1-4H3. The number of hydrogen-bond donors (Lipinski definition) is 1. The van der Waals surface area contributed by atoms with E-state index in [9.17, 15) is 0 Å². The summed E-state index contributed by atoms with van der Waals surface area (Å²) in [5.41, 5.74) is 2.68. The highest BCUT2D eigenvalue weighted by Gasteiger charge is 2.07. The largest absolute Gasteiger partial charge is 0.313 e. The maximum atomic E-state index is 3.66. The Morgan fingerprint density at radius 2 is 2.06 bits per heavy atom. The Morgan fingerprint density at radius 1 is 1.35 bits per heavy atom. The number of nitrogens with zero attached hydrogens (tertiary/aromatic N) is 1. The van der Waals surface area contributed by atoms with Crippen molar-refractivity contribution in [1.29, 1.82) is 0 Å². The van der Waals surface area contributed by atoms with Gasteiger partial charge in [0.1, 0.15) is 0 Å². The number of hydrogen-bond acceptors (Lipinski definition) is 2. The van der Waals surface area contributed by atoms with Crippen LogP contribution >= 0.6 is 15.9 Å². The van der Waals surface area contributed by atoms with Gasteiger partial charge in [-0.2, -0.15) is 0 Å². The van der Waals surface area contributed by atoms with E-state index in [2.05, 4.69) is 72.2 Å². The molecule has 1 rings (SSSR count). The minimum atomic E-state index is 0.573. The molecular formula is C14H23BrN2. The fourth-order valence-corrected chi connectivity index (χ4v) is 2.10. The SMILES string of the molecule is CCNCc1ccc(CN(C)C(C)C)c(Br)c1. The molecule has 0 heterocycles. The van der Waals surface area contributed by atoms with Gasteiger partial charge in [0.25, 0.3) is 0 Å². The van der Waals surface area contributed by atoms with Gasteiger partial charge in [-0.25, -0.2) is 0 Å². The van der Waals surface area contributed by atoms with E-state index in [1.165, 1.54) is 15.6 Å². The molecule has 0 fully saturated rings. The molecule has 0 atom stereocenters. The fourth-order valence-electron chi connectivity index (χ4n) is 1.55. The lowest BCUT2D eigenvalue weighted by Crippen LogP contribution is -2.25. The van der Waals surface area contributed by atoms with E-state index in [0.717, 1.165) is 19.6 Å². The van der Waals surface area contributed by atoms with Crippen molar-refractivity contribution in [2.24, 2.45) is 0 Å². The van der Waals surface area contributed by atoms with E-state index in [1.807, 2.05) is 0 Å². The second-order valence-corrected chi connectivity index (χ2v) is 5.57. The lowest BCUT2D eigenvalue weighted by Gasteiger charge is -2.21. The van der Waals surface area contributed by atoms with Gasteiger partial charge in [-0.3, -0.25) is 4.90 Å². The molecular weight excluding hydrogens is 276 g/mol. The van der Waals surface area contributed by atoms with E-state index < -0.39 is 0 Å². The average molecular weight is 299 g/mol. The molecule has 0 unspecified atom stereocenters. The Hall–Kier alpha value is -0.380. The Kier molecular flexibility index (Phi) is 6.17. The molecule has 0 saturated carbocycles. The van der Waals surface area contributed by atoms with Crippen molar-refractivity contribution in [3.8, 4) is 0 Å². The molecule has 3 heteroatoms. The third-order valence-corrected chi connectivity index (χ3v) is 3.74. The van der Waals surface area contributed by atoms with Crippen molar-refractivity contribution >= 4 is 15.9 Å². The molecule has 0 spiro atoms. The highest BCUT2D eigenvalue weighted by molar-refractivity contribution is 9.10. The number of halogens is 1. The number of benzene rings is 1. The monoisotopic (exact) mass is 298 g/mol. The summed E-state index contributed by atoms with van der Waals surface area (Å²) in [7, 11) is 2.16. The summed E-state index contributed by atoms with van der Waals surface area (Å²) in [6, 6.07) is 7.21. The molecule has 2 nitrogen and oxygen atoms in total. The minimum absolute atomic E-state index is 0.573. The third-order valence-electron chi connectivity index (χ3n) is 3.00. The molecule has 0 aromatic heterocycles. The molecule has 1 aromatic rings. The van der Waals surface area contributed by atoms with Gasteiger partial charge in [-0.15, -0.1) is 0 Å². The first kappa shape index (κ1) is 14.7. The van der Waals surface area contributed by atoms with Crippen LogP contribution in [0.4, 0.5) is 0 Å². The summed E-state index contributed by atoms with van der Waals surface area (Å²) in [5.74, 6) is 0. The van der Waals surface area contributed by atoms with Crippen LogP contribution in [0.3, 0.4) is 0 Å². The smallest absolute Gasteiger partial charge is 0.0244 e. The molecule has 0 aliphatic rings. The van der Waals surface area contributed by atoms with E-state index in [-0.39, 0.29) is 0 Å². The van der Waals surface area contributed by atoms with Gasteiger partial charge in [0.15, 0.2) is 0 Å². The predicted octanol–water partition coefficient (Wildman–Crippen LogP) is 3.40. The topological polar surface area (TPSA) is 15.3 Å². The van der Waals surface area contributed by atoms with Crippen LogP contribution in [-0.2, 0) is 13.1 Å². The van der Waals surface area contributed by atoms with E-state index in [4.69, 9.17) is 0 Å². The van der Waals surface area contributed by atoms with Crippen LogP contribution in [0.1, 0.15) is 31.9 Å². The van der Waals surface area contributed by atoms with Crippen LogP contribution in [0, 0.1) is 0 Å². The first-order valence-corrected chi connectivity index (χ1v) is 7.02. The Morgan fingerprint density at radius 3 is 2.59 bits per heavy atom. The van der Waals surface area contributed by atoms with Gasteiger partial charge in [-0.05, 0) is 44.6 Å². The van der Waals surface area contributed by atoms with Crippen molar-refractivity contribution in [3.63, 3.8) is 0 Å². The fraction of sp³-hybridized carbons (Fsp3) is 0.571. The van der Waals surface area contributed by atoms with Gasteiger partial charge < -0.3 is 5.32 Å². The van der Waals surface area contributed by atoms with Gasteiger partial charge in [-0.1, -0.05) is 35.0 Å². The van der Waals surface area contributed by atoms with Crippen LogP contribution < -0.4 is 5.32 Å². The van der Waals surface area contributed by atoms with E-state index in [1.54, 1.807) is 0 Å². The Bertz CT molecular complexity index is 350. The highest BCUT2D eigenvalue weighted by Crippen LogP contribution is 2.20. The molecule has 0 amide bonds. The molecule has 1 aromatic carbocycles. The normalized spacial score (nSPS) is 11.5. The second kappa shape index (κ2) is 7.14. The summed E-state index contributed by atoms with van der Waals surface area (Å²) in [5, 5.41) is 3.34. The van der Waals surface area contributed by atoms with Crippen LogP contribution in [0.5, 0.6) is 0 Å². The average Bonchev–Trinajstić information content (AvgIpc) is 2.29. The van der Waals surface area contributed by atoms with Crippen LogP contribution in [0.25, 0.3) is 0 Å². The van der Waals surface area contributed by atoms with Crippen LogP contribution in [0.2, 0.25) is 0 Å². The minimum Gasteiger partial charge on any atom is -0.313 e. The van der Waals surface area contributed by atoms with Crippen molar-refractivity contribution in [3.05, 3.63) is 33.8 Å². The van der Waals surface area contributed by atoms with Crippen LogP contribution in [-0.4, -0.2) is 24.5 Å². The zero-order valence-corrected chi connectivity index (χ0v) is 12.8. The van der Waals surface area contributed by atoms with Gasteiger partial charge >= 0.3 is 0 Å². The molecule has 0 radical (unpaired) electrons. The summed E-state index contributed by atoms with van der Waals surface area (Å²) in [6.07, 6.45) is 0. The van der Waals surface area contributed by atoms with E-state index >= 15 is 0 Å². The first-order valence-electron chi connectivity index (χ1n) is 6.22. The predicted molar refractivity (Wildman–Crippen MR) is 78.1 cm³/mol. The Labute approximate surface area is 114 Å². The quantitative estimate of drug-likeness (QED) is 0.866. The maximum Gasteiger partial charge on any atom is 0.0244 e. The van der Waals surface area contributed by atoms with Crippen molar-refractivity contribution in [1.82, 2.24) is 10.2 Å². The lowest BCUT2D eigenvalue weighted by molar-refractivity contribution is 0.265. The maximum absolute atomic E-state index is 3.66. The van der Waals surface area contributed by atoms with Crippen molar-refractivity contribution < 1.29 is 0 Å². The number of nitrogens with one attached hydrogen (secondary N) is 1. The lowest BCUT2D eigenvalue weighted by atomic mass is 10.1. The summed E-state index contributed by atoms with van der Waals surface area (Å²) < 4.78 is 1.21. The summed E-state index contributed by atoms with van der Waals surface area (Å²) in [6.45, 7) is 9.49. The third kappa shape index (κ3) is 4.78. The Balaban J connectivity index is 2.69. The first-order chi connectivity index (χ1) is 8.04. The summed E-state index contributed by atoms with van der Waals surface area (Å²) >= 11 is 3.66. The van der Waals surface area contributed by atoms with Crippen LogP contribution in [0.15, 0.2) is 22.7 Å². The highest BCUT2D eigenvalue weighted by atomic mass is 79.9. The van der Waals surface area contributed by atoms with Crippen molar-refractivity contribution in [2.75, 3.05) is 13.6 Å². The molecule has 0 aliphatic carbocycles. The second-order valence-electron chi connectivity index (χ2n) is 4.71. The summed E-state index contributed by atoms with van der Waals surface area (Å²) in [4.78, 5) is 2.34. The molecule has 0 bridgehead atoms. The molecule has 0 aliphatic heterocycles. The molecule has 96 valence electrons. The molecule has 0 saturated heterocycles. The zero-order valence-electron chi connectivity index (χ0n) is 11.3. The van der Waals surface area contributed by atoms with E-state index in [0.29, 0.717) is 6.04 Å². The molecule has 17 heavy (non-hydrogen) atoms. The molecule has 1 N–H and O–H groups in total. The van der Waals surface area contributed by atoms with Gasteiger partial charge in [0, 0.05) is 23.6 Å². The van der Waals surface area contributed by atoms with Crippen molar-refractivity contribution in [2.45, 2.75) is 39.9 Å². The number of rotatable bonds is 6. The zero-order chi connectivity index (χ0) is 12.8. The van der Waals surface area contributed by atoms with Gasteiger partial charge in [0.2, 0.25) is 0 Å².